The molecule has 144 valence electrons. The van der Waals surface area contributed by atoms with Crippen LogP contribution in [0.15, 0.2) is 24.3 Å². The lowest BCUT2D eigenvalue weighted by molar-refractivity contribution is 0.102. The van der Waals surface area contributed by atoms with E-state index in [0.717, 1.165) is 24.4 Å². The van der Waals surface area contributed by atoms with Crippen molar-refractivity contribution in [3.05, 3.63) is 39.3 Å². The Morgan fingerprint density at radius 2 is 2.15 bits per heavy atom. The van der Waals surface area contributed by atoms with E-state index in [2.05, 4.69) is 20.8 Å². The monoisotopic (exact) mass is 407 g/mol. The molecule has 1 unspecified atom stereocenters. The molecule has 3 amide bonds. The average molecular weight is 408 g/mol. The topological polar surface area (TPSA) is 87.2 Å². The number of hydrogen-bond acceptors (Lipinski definition) is 5. The molecule has 1 aromatic heterocycles. The summed E-state index contributed by atoms with van der Waals surface area (Å²) >= 11 is 7.21. The van der Waals surface area contributed by atoms with E-state index < -0.39 is 0 Å². The molecular formula is C18H22ClN5O2S. The summed E-state index contributed by atoms with van der Waals surface area (Å²) in [5.74, 6) is -0.215. The number of amides is 3. The predicted octanol–water partition coefficient (Wildman–Crippen LogP) is 3.74. The zero-order valence-corrected chi connectivity index (χ0v) is 16.8. The normalized spacial score (nSPS) is 17.0. The highest BCUT2D eigenvalue weighted by atomic mass is 35.5. The third-order valence-corrected chi connectivity index (χ3v) is 5.51. The van der Waals surface area contributed by atoms with E-state index in [1.54, 1.807) is 29.2 Å². The summed E-state index contributed by atoms with van der Waals surface area (Å²) in [4.78, 5) is 26.4. The van der Waals surface area contributed by atoms with Crippen LogP contribution in [0.4, 0.5) is 10.5 Å². The van der Waals surface area contributed by atoms with E-state index in [1.807, 2.05) is 13.8 Å². The number of likely N-dealkylation sites (tertiary alicyclic amines) is 1. The number of nitrogens with zero attached hydrogens (tertiary/aromatic N) is 3. The van der Waals surface area contributed by atoms with Gasteiger partial charge in [-0.1, -0.05) is 29.0 Å². The Labute approximate surface area is 167 Å². The summed E-state index contributed by atoms with van der Waals surface area (Å²) in [7, 11) is 0. The van der Waals surface area contributed by atoms with Crippen LogP contribution in [0.3, 0.4) is 0 Å². The van der Waals surface area contributed by atoms with Gasteiger partial charge in [-0.15, -0.1) is 10.2 Å². The fourth-order valence-electron chi connectivity index (χ4n) is 2.94. The fraction of sp³-hybridized carbons (Fsp3) is 0.444. The number of aromatic nitrogens is 2. The Morgan fingerprint density at radius 3 is 2.89 bits per heavy atom. The Bertz CT molecular complexity index is 826. The van der Waals surface area contributed by atoms with Crippen LogP contribution in [-0.4, -0.2) is 46.2 Å². The van der Waals surface area contributed by atoms with Crippen molar-refractivity contribution in [3.63, 3.8) is 0 Å². The van der Waals surface area contributed by atoms with Gasteiger partial charge in [-0.25, -0.2) is 4.79 Å². The standard InChI is InChI=1S/C18H22ClN5O2S/c1-11(2)20-18(26)24-8-4-5-12(10-24)16-22-23-17(27-16)15(25)21-14-7-3-6-13(19)9-14/h3,6-7,9,11-12H,4-5,8,10H2,1-2H3,(H,20,26)(H,21,25). The van der Waals surface area contributed by atoms with Crippen LogP contribution in [0.25, 0.3) is 0 Å². The molecule has 9 heteroatoms. The highest BCUT2D eigenvalue weighted by Crippen LogP contribution is 2.29. The molecule has 1 aliphatic heterocycles. The number of piperidine rings is 1. The molecular weight excluding hydrogens is 386 g/mol. The lowest BCUT2D eigenvalue weighted by Gasteiger charge is -2.32. The van der Waals surface area contributed by atoms with Crippen molar-refractivity contribution in [2.24, 2.45) is 0 Å². The van der Waals surface area contributed by atoms with Crippen molar-refractivity contribution >= 4 is 40.6 Å². The average Bonchev–Trinajstić information content (AvgIpc) is 3.11. The van der Waals surface area contributed by atoms with Gasteiger partial charge in [-0.3, -0.25) is 4.79 Å². The summed E-state index contributed by atoms with van der Waals surface area (Å²) in [6, 6.07) is 6.98. The number of hydrogen-bond donors (Lipinski definition) is 2. The first-order valence-corrected chi connectivity index (χ1v) is 10.1. The van der Waals surface area contributed by atoms with Crippen LogP contribution < -0.4 is 10.6 Å². The first-order chi connectivity index (χ1) is 12.9. The fourth-order valence-corrected chi connectivity index (χ4v) is 4.00. The molecule has 0 spiro atoms. The number of anilines is 1. The number of urea groups is 1. The van der Waals surface area contributed by atoms with Crippen molar-refractivity contribution in [1.29, 1.82) is 0 Å². The SMILES string of the molecule is CC(C)NC(=O)N1CCCC(c2nnc(C(=O)Nc3cccc(Cl)c3)s2)C1. The van der Waals surface area contributed by atoms with Crippen LogP contribution >= 0.6 is 22.9 Å². The summed E-state index contributed by atoms with van der Waals surface area (Å²) < 4.78 is 0. The molecule has 1 saturated heterocycles. The summed E-state index contributed by atoms with van der Waals surface area (Å²) in [5, 5.41) is 15.6. The third-order valence-electron chi connectivity index (χ3n) is 4.19. The number of benzene rings is 1. The van der Waals surface area contributed by atoms with Gasteiger partial charge >= 0.3 is 6.03 Å². The van der Waals surface area contributed by atoms with Crippen molar-refractivity contribution < 1.29 is 9.59 Å². The molecule has 1 aromatic carbocycles. The first kappa shape index (κ1) is 19.6. The van der Waals surface area contributed by atoms with Crippen LogP contribution in [0.2, 0.25) is 5.02 Å². The summed E-state index contributed by atoms with van der Waals surface area (Å²) in [5.41, 5.74) is 0.610. The molecule has 2 N–H and O–H groups in total. The van der Waals surface area contributed by atoms with E-state index in [-0.39, 0.29) is 23.9 Å². The minimum atomic E-state index is -0.314. The predicted molar refractivity (Wildman–Crippen MR) is 107 cm³/mol. The summed E-state index contributed by atoms with van der Waals surface area (Å²) in [6.45, 7) is 5.20. The molecule has 0 aliphatic carbocycles. The molecule has 1 fully saturated rings. The molecule has 0 saturated carbocycles. The zero-order chi connectivity index (χ0) is 19.4. The molecule has 1 aliphatic rings. The first-order valence-electron chi connectivity index (χ1n) is 8.88. The zero-order valence-electron chi connectivity index (χ0n) is 15.2. The number of nitrogens with one attached hydrogen (secondary N) is 2. The van der Waals surface area contributed by atoms with Crippen molar-refractivity contribution in [3.8, 4) is 0 Å². The van der Waals surface area contributed by atoms with E-state index >= 15 is 0 Å². The quantitative estimate of drug-likeness (QED) is 0.808. The maximum Gasteiger partial charge on any atom is 0.317 e. The van der Waals surface area contributed by atoms with E-state index in [9.17, 15) is 9.59 Å². The molecule has 0 radical (unpaired) electrons. The molecule has 27 heavy (non-hydrogen) atoms. The Hall–Kier alpha value is -2.19. The van der Waals surface area contributed by atoms with Crippen molar-refractivity contribution in [2.75, 3.05) is 18.4 Å². The minimum absolute atomic E-state index is 0.0573. The number of carbonyl (C=O) groups is 2. The van der Waals surface area contributed by atoms with Gasteiger partial charge in [0, 0.05) is 35.8 Å². The van der Waals surface area contributed by atoms with Gasteiger partial charge < -0.3 is 15.5 Å². The van der Waals surface area contributed by atoms with Crippen LogP contribution in [0, 0.1) is 0 Å². The molecule has 3 rings (SSSR count). The number of rotatable bonds is 4. The molecule has 0 bridgehead atoms. The Morgan fingerprint density at radius 1 is 1.33 bits per heavy atom. The summed E-state index contributed by atoms with van der Waals surface area (Å²) in [6.07, 6.45) is 1.83. The van der Waals surface area contributed by atoms with Crippen LogP contribution in [-0.2, 0) is 0 Å². The van der Waals surface area contributed by atoms with E-state index in [4.69, 9.17) is 11.6 Å². The van der Waals surface area contributed by atoms with Gasteiger partial charge in [0.1, 0.15) is 5.01 Å². The number of carbonyl (C=O) groups excluding carboxylic acids is 2. The number of halogens is 1. The van der Waals surface area contributed by atoms with Crippen LogP contribution in [0.5, 0.6) is 0 Å². The van der Waals surface area contributed by atoms with E-state index in [0.29, 0.717) is 22.3 Å². The third kappa shape index (κ3) is 5.17. The maximum absolute atomic E-state index is 12.4. The van der Waals surface area contributed by atoms with Gasteiger partial charge in [-0.2, -0.15) is 0 Å². The van der Waals surface area contributed by atoms with Gasteiger partial charge in [-0.05, 0) is 44.9 Å². The van der Waals surface area contributed by atoms with Gasteiger partial charge in [0.2, 0.25) is 5.01 Å². The Balaban J connectivity index is 1.64. The second-order valence-electron chi connectivity index (χ2n) is 6.80. The molecule has 2 aromatic rings. The second-order valence-corrected chi connectivity index (χ2v) is 8.24. The van der Waals surface area contributed by atoms with Gasteiger partial charge in [0.15, 0.2) is 0 Å². The van der Waals surface area contributed by atoms with Gasteiger partial charge in [0.05, 0.1) is 0 Å². The minimum Gasteiger partial charge on any atom is -0.336 e. The highest BCUT2D eigenvalue weighted by molar-refractivity contribution is 7.13. The van der Waals surface area contributed by atoms with Crippen molar-refractivity contribution in [2.45, 2.75) is 38.6 Å². The van der Waals surface area contributed by atoms with E-state index in [1.165, 1.54) is 11.3 Å². The Kier molecular flexibility index (Phi) is 6.28. The molecule has 2 heterocycles. The lowest BCUT2D eigenvalue weighted by Crippen LogP contribution is -2.46. The highest BCUT2D eigenvalue weighted by Gasteiger charge is 2.28. The largest absolute Gasteiger partial charge is 0.336 e. The maximum atomic E-state index is 12.4. The van der Waals surface area contributed by atoms with Gasteiger partial charge in [0.25, 0.3) is 5.91 Å². The smallest absolute Gasteiger partial charge is 0.317 e. The van der Waals surface area contributed by atoms with Crippen LogP contribution in [0.1, 0.15) is 47.4 Å². The van der Waals surface area contributed by atoms with Crippen molar-refractivity contribution in [1.82, 2.24) is 20.4 Å². The molecule has 7 nitrogen and oxygen atoms in total. The second kappa shape index (κ2) is 8.67. The lowest BCUT2D eigenvalue weighted by atomic mass is 9.99. The molecule has 1 atom stereocenters.